The summed E-state index contributed by atoms with van der Waals surface area (Å²) in [5, 5.41) is 7.69. The summed E-state index contributed by atoms with van der Waals surface area (Å²) in [6.45, 7) is 10.7. The molecule has 3 aromatic heterocycles. The van der Waals surface area contributed by atoms with Crippen LogP contribution in [0.1, 0.15) is 37.8 Å². The number of para-hydroxylation sites is 5. The van der Waals surface area contributed by atoms with Crippen LogP contribution in [0.25, 0.3) is 97.4 Å². The molecule has 0 N–H and O–H groups in total. The fraction of sp³-hybridized carbons (Fsp3) is 0.0633. The molecule has 0 spiro atoms. The summed E-state index contributed by atoms with van der Waals surface area (Å²) in [6.07, 6.45) is 10.7. The largest absolute Gasteiger partial charge is 0.314 e. The normalized spacial score (nSPS) is 12.5. The van der Waals surface area contributed by atoms with Gasteiger partial charge >= 0.3 is 0 Å². The van der Waals surface area contributed by atoms with Crippen molar-refractivity contribution in [1.29, 1.82) is 0 Å². The molecule has 0 bridgehead atoms. The molecule has 0 radical (unpaired) electrons. The van der Waals surface area contributed by atoms with E-state index in [4.69, 9.17) is 0 Å². The van der Waals surface area contributed by atoms with Gasteiger partial charge in [0.1, 0.15) is 0 Å². The highest BCUT2D eigenvalue weighted by Crippen LogP contribution is 2.48. The number of allylic oxidation sites excluding steroid dienone is 6. The summed E-state index contributed by atoms with van der Waals surface area (Å²) in [5.74, 6) is 0. The fourth-order valence-corrected chi connectivity index (χ4v) is 14.2. The van der Waals surface area contributed by atoms with E-state index >= 15 is 0 Å². The maximum Gasteiger partial charge on any atom is 0.0719 e. The lowest BCUT2D eigenvalue weighted by Crippen LogP contribution is -2.18. The fourth-order valence-electron chi connectivity index (χ4n) is 12.9. The quantitative estimate of drug-likeness (QED) is 0.127. The van der Waals surface area contributed by atoms with Crippen LogP contribution >= 0.6 is 11.3 Å². The molecule has 0 amide bonds. The van der Waals surface area contributed by atoms with Crippen LogP contribution in [-0.4, -0.2) is 9.13 Å². The van der Waals surface area contributed by atoms with Crippen LogP contribution in [0.2, 0.25) is 0 Å². The second-order valence-corrected chi connectivity index (χ2v) is 22.3. The predicted octanol–water partition coefficient (Wildman–Crippen LogP) is 22.7. The molecular formula is C79H62N4S. The third kappa shape index (κ3) is 8.93. The van der Waals surface area contributed by atoms with Crippen molar-refractivity contribution >= 4 is 109 Å². The van der Waals surface area contributed by atoms with Gasteiger partial charge in [-0.1, -0.05) is 209 Å². The monoisotopic (exact) mass is 1100 g/mol. The minimum absolute atomic E-state index is 0.900. The van der Waals surface area contributed by atoms with Gasteiger partial charge in [0.15, 0.2) is 0 Å². The van der Waals surface area contributed by atoms with E-state index in [1.807, 2.05) is 25.2 Å². The summed E-state index contributed by atoms with van der Waals surface area (Å²) in [4.78, 5) is 4.88. The van der Waals surface area contributed by atoms with Crippen molar-refractivity contribution < 1.29 is 0 Å². The number of hydrogen-bond donors (Lipinski definition) is 0. The first-order chi connectivity index (χ1) is 41.6. The minimum Gasteiger partial charge on any atom is -0.314 e. The Hall–Kier alpha value is -10.2. The Kier molecular flexibility index (Phi) is 13.8. The van der Waals surface area contributed by atoms with Gasteiger partial charge in [0, 0.05) is 82.4 Å². The van der Waals surface area contributed by atoms with Gasteiger partial charge in [0.05, 0.1) is 32.5 Å². The number of fused-ring (bicyclic) bond motifs is 13. The Bertz CT molecular complexity index is 4820. The molecular weight excluding hydrogens is 1040 g/mol. The number of aromatic nitrogens is 2. The van der Waals surface area contributed by atoms with Crippen molar-refractivity contribution in [2.45, 2.75) is 33.1 Å². The summed E-state index contributed by atoms with van der Waals surface area (Å²) in [6, 6.07) is 94.1. The molecule has 11 aromatic carbocycles. The number of nitrogens with zero attached hydrogens (tertiary/aromatic N) is 4. The lowest BCUT2D eigenvalue weighted by atomic mass is 10.00. The molecule has 0 atom stereocenters. The summed E-state index contributed by atoms with van der Waals surface area (Å²) in [5.41, 5.74) is 22.0. The van der Waals surface area contributed by atoms with Gasteiger partial charge in [0.25, 0.3) is 0 Å². The molecule has 0 saturated heterocycles. The molecule has 4 nitrogen and oxygen atoms in total. The van der Waals surface area contributed by atoms with E-state index in [-0.39, 0.29) is 0 Å². The third-order valence-corrected chi connectivity index (χ3v) is 17.8. The number of benzene rings is 11. The zero-order valence-corrected chi connectivity index (χ0v) is 48.1. The molecule has 14 aromatic rings. The Labute approximate surface area is 495 Å². The van der Waals surface area contributed by atoms with Gasteiger partial charge in [-0.25, -0.2) is 0 Å². The lowest BCUT2D eigenvalue weighted by Gasteiger charge is -2.30. The molecule has 16 rings (SSSR count). The van der Waals surface area contributed by atoms with Crippen LogP contribution < -0.4 is 9.80 Å². The summed E-state index contributed by atoms with van der Waals surface area (Å²) >= 11 is 1.90. The van der Waals surface area contributed by atoms with E-state index in [0.717, 1.165) is 58.8 Å². The predicted molar refractivity (Wildman–Crippen MR) is 363 cm³/mol. The zero-order chi connectivity index (χ0) is 56.7. The summed E-state index contributed by atoms with van der Waals surface area (Å²) in [7, 11) is 0. The zero-order valence-electron chi connectivity index (χ0n) is 47.3. The minimum atomic E-state index is 0.900. The first kappa shape index (κ1) is 51.9. The van der Waals surface area contributed by atoms with E-state index < -0.39 is 0 Å². The Morgan fingerprint density at radius 3 is 1.67 bits per heavy atom. The number of thiophene rings is 1. The molecule has 2 aliphatic carbocycles. The van der Waals surface area contributed by atoms with Gasteiger partial charge in [-0.2, -0.15) is 0 Å². The Morgan fingerprint density at radius 2 is 0.964 bits per heavy atom. The first-order valence-electron chi connectivity index (χ1n) is 29.2. The second kappa shape index (κ2) is 22.3. The van der Waals surface area contributed by atoms with Crippen LogP contribution in [0.15, 0.2) is 298 Å². The number of hydrogen-bond acceptors (Lipinski definition) is 3. The van der Waals surface area contributed by atoms with E-state index in [9.17, 15) is 0 Å². The van der Waals surface area contributed by atoms with Crippen molar-refractivity contribution in [3.8, 4) is 27.9 Å². The van der Waals surface area contributed by atoms with Gasteiger partial charge in [0.2, 0.25) is 0 Å². The highest BCUT2D eigenvalue weighted by atomic mass is 32.1. The van der Waals surface area contributed by atoms with Crippen LogP contribution in [0.5, 0.6) is 0 Å². The van der Waals surface area contributed by atoms with Crippen LogP contribution in [0.4, 0.5) is 28.4 Å². The average molecular weight is 1100 g/mol. The topological polar surface area (TPSA) is 16.3 Å². The van der Waals surface area contributed by atoms with Gasteiger partial charge in [-0.15, -0.1) is 11.3 Å². The summed E-state index contributed by atoms with van der Waals surface area (Å²) < 4.78 is 7.65. The molecule has 5 heteroatoms. The van der Waals surface area contributed by atoms with Crippen LogP contribution in [-0.2, 0) is 6.42 Å². The van der Waals surface area contributed by atoms with E-state index in [2.05, 4.69) is 299 Å². The van der Waals surface area contributed by atoms with Gasteiger partial charge in [-0.3, -0.25) is 0 Å². The Morgan fingerprint density at radius 1 is 0.405 bits per heavy atom. The van der Waals surface area contributed by atoms with Gasteiger partial charge in [-0.05, 0) is 144 Å². The van der Waals surface area contributed by atoms with Crippen molar-refractivity contribution in [3.63, 3.8) is 0 Å². The number of rotatable bonds is 10. The van der Waals surface area contributed by atoms with E-state index in [1.54, 1.807) is 12.2 Å². The van der Waals surface area contributed by atoms with Crippen LogP contribution in [0.3, 0.4) is 0 Å². The molecule has 404 valence electrons. The SMILES string of the molecule is C1=C(N(c2ccccc2)c2ccc(-c3ccccc3N(c3ccccc3)c3ccc4c5ccc6c7ccccc7sc6c5n(-c5ccc6c(c5)Cc5ccccc5-6)c4c3)cc2)CCC(n2c3ccccc3c3ccccc32)=C1.C=CC=C.CC. The van der Waals surface area contributed by atoms with Crippen molar-refractivity contribution in [2.75, 3.05) is 9.80 Å². The van der Waals surface area contributed by atoms with E-state index in [1.165, 1.54) is 103 Å². The second-order valence-electron chi connectivity index (χ2n) is 21.2. The molecule has 0 fully saturated rings. The third-order valence-electron chi connectivity index (χ3n) is 16.6. The molecule has 0 unspecified atom stereocenters. The van der Waals surface area contributed by atoms with E-state index in [0.29, 0.717) is 0 Å². The van der Waals surface area contributed by atoms with Gasteiger partial charge < -0.3 is 18.9 Å². The van der Waals surface area contributed by atoms with Crippen molar-refractivity contribution in [2.24, 2.45) is 0 Å². The molecule has 2 aliphatic rings. The lowest BCUT2D eigenvalue weighted by molar-refractivity contribution is 0.895. The number of anilines is 5. The standard InChI is InChI=1S/C73H50N4S.C4H6.C2H6/c1-3-18-51(19-4-1)74(54-35-37-55(38-36-54)76-68-28-14-10-24-61(68)62-25-11-15-29-69(62)76)53-33-31-48(32-34-53)60-23-9-13-27-67(60)75(52-20-5-2-6-21-52)57-40-42-63-65-43-44-66-64-26-12-16-30-71(64)78-73(66)72(65)77(70(63)47-57)56-39-41-59-50(46-56)45-49-17-7-8-22-58(49)59;1-3-4-2;1-2/h1-35,37,39-44,46-47H,36,38,45H2;3-4H,1-2H2;1-2H3. The average Bonchev–Trinajstić information content (AvgIpc) is 2.33. The van der Waals surface area contributed by atoms with Crippen LogP contribution in [0, 0.1) is 0 Å². The maximum atomic E-state index is 3.36. The Balaban J connectivity index is 0.00000101. The smallest absolute Gasteiger partial charge is 0.0719 e. The molecule has 0 aliphatic heterocycles. The maximum absolute atomic E-state index is 3.36. The molecule has 0 saturated carbocycles. The highest BCUT2D eigenvalue weighted by Gasteiger charge is 2.26. The van der Waals surface area contributed by atoms with Crippen molar-refractivity contribution in [3.05, 3.63) is 309 Å². The molecule has 84 heavy (non-hydrogen) atoms. The van der Waals surface area contributed by atoms with Crippen molar-refractivity contribution in [1.82, 2.24) is 9.13 Å². The first-order valence-corrected chi connectivity index (χ1v) is 30.0. The molecule has 3 heterocycles. The highest BCUT2D eigenvalue weighted by molar-refractivity contribution is 7.26.